The molecule has 1 unspecified atom stereocenters. The molecule has 3 rings (SSSR count). The molecule has 0 aliphatic rings. The van der Waals surface area contributed by atoms with Crippen molar-refractivity contribution in [1.82, 2.24) is 14.7 Å². The van der Waals surface area contributed by atoms with E-state index in [-0.39, 0.29) is 0 Å². The van der Waals surface area contributed by atoms with Crippen molar-refractivity contribution in [3.63, 3.8) is 0 Å². The first-order chi connectivity index (χ1) is 10.3. The van der Waals surface area contributed by atoms with E-state index in [0.29, 0.717) is 13.1 Å². The number of nitrogens with one attached hydrogen (secondary N) is 1. The Morgan fingerprint density at radius 2 is 1.90 bits per heavy atom. The van der Waals surface area contributed by atoms with E-state index in [1.54, 1.807) is 0 Å². The minimum absolute atomic E-state index is 0.495. The summed E-state index contributed by atoms with van der Waals surface area (Å²) in [6.07, 6.45) is 1.52. The van der Waals surface area contributed by atoms with Gasteiger partial charge in [-0.15, -0.1) is 0 Å². The third kappa shape index (κ3) is 2.96. The fraction of sp³-hybridized carbons (Fsp3) is 0.235. The number of benzene rings is 1. The summed E-state index contributed by atoms with van der Waals surface area (Å²) in [5, 5.41) is 13.5. The maximum Gasteiger partial charge on any atom is 0.137 e. The molecule has 4 nitrogen and oxygen atoms in total. The van der Waals surface area contributed by atoms with Gasteiger partial charge in [-0.2, -0.15) is 0 Å². The molecule has 0 aliphatic carbocycles. The zero-order valence-corrected chi connectivity index (χ0v) is 12.0. The van der Waals surface area contributed by atoms with Crippen molar-refractivity contribution < 1.29 is 5.11 Å². The van der Waals surface area contributed by atoms with Crippen LogP contribution in [0.25, 0.3) is 5.65 Å². The van der Waals surface area contributed by atoms with Crippen LogP contribution in [-0.4, -0.2) is 21.0 Å². The average molecular weight is 281 g/mol. The van der Waals surface area contributed by atoms with E-state index in [2.05, 4.69) is 14.7 Å². The summed E-state index contributed by atoms with van der Waals surface area (Å²) in [6.45, 7) is 3.21. The molecule has 0 fully saturated rings. The summed E-state index contributed by atoms with van der Waals surface area (Å²) in [5.41, 5.74) is 4.03. The first-order valence-electron chi connectivity index (χ1n) is 7.12. The van der Waals surface area contributed by atoms with Gasteiger partial charge >= 0.3 is 0 Å². The van der Waals surface area contributed by atoms with Gasteiger partial charge in [-0.25, -0.2) is 4.98 Å². The smallest absolute Gasteiger partial charge is 0.137 e. The maximum atomic E-state index is 10.1. The predicted molar refractivity (Wildman–Crippen MR) is 83.0 cm³/mol. The number of rotatable bonds is 5. The van der Waals surface area contributed by atoms with E-state index in [1.165, 1.54) is 0 Å². The van der Waals surface area contributed by atoms with Gasteiger partial charge in [-0.1, -0.05) is 36.4 Å². The highest BCUT2D eigenvalue weighted by Gasteiger charge is 2.10. The number of aliphatic hydroxyl groups excluding tert-OH is 1. The molecular weight excluding hydrogens is 262 g/mol. The Kier molecular flexibility index (Phi) is 3.99. The third-order valence-electron chi connectivity index (χ3n) is 3.64. The number of pyridine rings is 1. The van der Waals surface area contributed by atoms with Crippen LogP contribution in [0.5, 0.6) is 0 Å². The highest BCUT2D eigenvalue weighted by atomic mass is 16.3. The molecule has 2 aromatic heterocycles. The van der Waals surface area contributed by atoms with Crippen LogP contribution in [0, 0.1) is 6.92 Å². The lowest BCUT2D eigenvalue weighted by Gasteiger charge is -2.12. The van der Waals surface area contributed by atoms with Crippen molar-refractivity contribution in [3.8, 4) is 0 Å². The number of aryl methyl sites for hydroxylation is 1. The van der Waals surface area contributed by atoms with Crippen molar-refractivity contribution in [3.05, 3.63) is 71.7 Å². The summed E-state index contributed by atoms with van der Waals surface area (Å²) in [5.74, 6) is 0. The summed E-state index contributed by atoms with van der Waals surface area (Å²) < 4.78 is 2.08. The second-order valence-electron chi connectivity index (χ2n) is 5.13. The van der Waals surface area contributed by atoms with E-state index in [0.717, 1.165) is 22.6 Å². The summed E-state index contributed by atoms with van der Waals surface area (Å²) in [4.78, 5) is 4.53. The second kappa shape index (κ2) is 6.08. The molecule has 4 heteroatoms. The molecule has 0 bridgehead atoms. The van der Waals surface area contributed by atoms with E-state index < -0.39 is 6.10 Å². The standard InChI is InChI=1S/C17H19N3O/c1-13-15(20-10-6-5-9-17(20)19-13)11-18-12-16(21)14-7-3-2-4-8-14/h2-10,16,18,21H,11-12H2,1H3. The van der Waals surface area contributed by atoms with Crippen molar-refractivity contribution in [2.45, 2.75) is 19.6 Å². The van der Waals surface area contributed by atoms with Crippen molar-refractivity contribution in [2.24, 2.45) is 0 Å². The Hall–Kier alpha value is -2.17. The number of aliphatic hydroxyl groups is 1. The Balaban J connectivity index is 1.66. The highest BCUT2D eigenvalue weighted by molar-refractivity contribution is 5.42. The van der Waals surface area contributed by atoms with E-state index in [4.69, 9.17) is 0 Å². The minimum atomic E-state index is -0.495. The van der Waals surface area contributed by atoms with Crippen LogP contribution < -0.4 is 5.32 Å². The molecule has 21 heavy (non-hydrogen) atoms. The predicted octanol–water partition coefficient (Wildman–Crippen LogP) is 2.47. The minimum Gasteiger partial charge on any atom is -0.387 e. The van der Waals surface area contributed by atoms with Crippen molar-refractivity contribution >= 4 is 5.65 Å². The fourth-order valence-electron chi connectivity index (χ4n) is 2.50. The molecule has 1 aromatic carbocycles. The van der Waals surface area contributed by atoms with E-state index in [1.807, 2.05) is 61.7 Å². The van der Waals surface area contributed by atoms with E-state index >= 15 is 0 Å². The summed E-state index contributed by atoms with van der Waals surface area (Å²) in [6, 6.07) is 15.7. The molecule has 2 N–H and O–H groups in total. The van der Waals surface area contributed by atoms with Gasteiger partial charge in [0.2, 0.25) is 0 Å². The van der Waals surface area contributed by atoms with Crippen LogP contribution in [0.4, 0.5) is 0 Å². The zero-order valence-electron chi connectivity index (χ0n) is 12.0. The van der Waals surface area contributed by atoms with Gasteiger partial charge in [-0.3, -0.25) is 0 Å². The topological polar surface area (TPSA) is 49.6 Å². The molecule has 1 atom stereocenters. The van der Waals surface area contributed by atoms with Gasteiger partial charge in [0, 0.05) is 19.3 Å². The van der Waals surface area contributed by atoms with E-state index in [9.17, 15) is 5.11 Å². The molecule has 3 aromatic rings. The first kappa shape index (κ1) is 13.8. The first-order valence-corrected chi connectivity index (χ1v) is 7.12. The lowest BCUT2D eigenvalue weighted by molar-refractivity contribution is 0.174. The summed E-state index contributed by atoms with van der Waals surface area (Å²) in [7, 11) is 0. The van der Waals surface area contributed by atoms with Crippen LogP contribution in [0.15, 0.2) is 54.7 Å². The molecule has 0 saturated heterocycles. The Morgan fingerprint density at radius 3 is 2.71 bits per heavy atom. The molecule has 0 saturated carbocycles. The molecule has 0 aliphatic heterocycles. The third-order valence-corrected chi connectivity index (χ3v) is 3.64. The van der Waals surface area contributed by atoms with Crippen LogP contribution in [0.1, 0.15) is 23.1 Å². The van der Waals surface area contributed by atoms with Gasteiger partial charge in [-0.05, 0) is 24.6 Å². The van der Waals surface area contributed by atoms with Gasteiger partial charge in [0.15, 0.2) is 0 Å². The number of aromatic nitrogens is 2. The Labute approximate surface area is 124 Å². The molecular formula is C17H19N3O. The summed E-state index contributed by atoms with van der Waals surface area (Å²) >= 11 is 0. The molecule has 108 valence electrons. The van der Waals surface area contributed by atoms with Gasteiger partial charge < -0.3 is 14.8 Å². The Bertz CT molecular complexity index is 721. The van der Waals surface area contributed by atoms with Crippen molar-refractivity contribution in [2.75, 3.05) is 6.54 Å². The number of imidazole rings is 1. The number of hydrogen-bond donors (Lipinski definition) is 2. The Morgan fingerprint density at radius 1 is 1.14 bits per heavy atom. The average Bonchev–Trinajstić information content (AvgIpc) is 2.84. The molecule has 0 radical (unpaired) electrons. The zero-order chi connectivity index (χ0) is 14.7. The monoisotopic (exact) mass is 281 g/mol. The fourth-order valence-corrected chi connectivity index (χ4v) is 2.50. The van der Waals surface area contributed by atoms with Crippen LogP contribution in [0.2, 0.25) is 0 Å². The normalized spacial score (nSPS) is 12.7. The molecule has 0 spiro atoms. The van der Waals surface area contributed by atoms with Gasteiger partial charge in [0.25, 0.3) is 0 Å². The quantitative estimate of drug-likeness (QED) is 0.755. The number of fused-ring (bicyclic) bond motifs is 1. The van der Waals surface area contributed by atoms with Gasteiger partial charge in [0.05, 0.1) is 17.5 Å². The highest BCUT2D eigenvalue weighted by Crippen LogP contribution is 2.13. The largest absolute Gasteiger partial charge is 0.387 e. The molecule has 0 amide bonds. The number of nitrogens with zero attached hydrogens (tertiary/aromatic N) is 2. The maximum absolute atomic E-state index is 10.1. The van der Waals surface area contributed by atoms with Crippen LogP contribution in [-0.2, 0) is 6.54 Å². The van der Waals surface area contributed by atoms with Crippen molar-refractivity contribution in [1.29, 1.82) is 0 Å². The second-order valence-corrected chi connectivity index (χ2v) is 5.13. The van der Waals surface area contributed by atoms with Crippen LogP contribution in [0.3, 0.4) is 0 Å². The van der Waals surface area contributed by atoms with Crippen LogP contribution >= 0.6 is 0 Å². The lowest BCUT2D eigenvalue weighted by Crippen LogP contribution is -2.22. The lowest BCUT2D eigenvalue weighted by atomic mass is 10.1. The SMILES string of the molecule is Cc1nc2ccccn2c1CNCC(O)c1ccccc1. The van der Waals surface area contributed by atoms with Gasteiger partial charge in [0.1, 0.15) is 5.65 Å². The number of hydrogen-bond acceptors (Lipinski definition) is 3. The molecule has 2 heterocycles.